The van der Waals surface area contributed by atoms with Crippen molar-refractivity contribution in [3.63, 3.8) is 0 Å². The molecule has 0 aliphatic carbocycles. The molecule has 1 N–H and O–H groups in total. The zero-order valence-electron chi connectivity index (χ0n) is 16.3. The fraction of sp³-hybridized carbons (Fsp3) is 0.526. The molecular weight excluding hydrogens is 460 g/mol. The maximum atomic E-state index is 14.3. The van der Waals surface area contributed by atoms with Crippen molar-refractivity contribution in [2.45, 2.75) is 31.1 Å². The van der Waals surface area contributed by atoms with E-state index in [-0.39, 0.29) is 33.3 Å². The van der Waals surface area contributed by atoms with Crippen LogP contribution in [-0.4, -0.2) is 65.2 Å². The molecule has 1 fully saturated rings. The molecule has 7 nitrogen and oxygen atoms in total. The summed E-state index contributed by atoms with van der Waals surface area (Å²) in [4.78, 5) is 31.4. The number of halogens is 5. The van der Waals surface area contributed by atoms with Crippen LogP contribution in [0, 0.1) is 0 Å². The standard InChI is InChI=1S/C19H19Cl2F3N4O3/c20-11-8-13-14(9-12(11)21)28-16(25-13)10-15(29)18(28,19(22,23)24)26-17(30)2-1-3-27-4-6-31-7-5-27/h8-9H,1-7,10H2,(H,26,30). The van der Waals surface area contributed by atoms with E-state index >= 15 is 0 Å². The molecule has 3 heterocycles. The lowest BCUT2D eigenvalue weighted by molar-refractivity contribution is -0.218. The zero-order valence-corrected chi connectivity index (χ0v) is 17.8. The third kappa shape index (κ3) is 3.90. The topological polar surface area (TPSA) is 76.5 Å². The molecule has 4 rings (SSSR count). The lowest BCUT2D eigenvalue weighted by Crippen LogP contribution is -2.62. The van der Waals surface area contributed by atoms with Gasteiger partial charge in [0.05, 0.1) is 40.7 Å². The molecule has 168 valence electrons. The lowest BCUT2D eigenvalue weighted by Gasteiger charge is -2.33. The average Bonchev–Trinajstić information content (AvgIpc) is 3.16. The Bertz CT molecular complexity index is 1040. The van der Waals surface area contributed by atoms with Crippen LogP contribution < -0.4 is 5.32 Å². The van der Waals surface area contributed by atoms with Crippen molar-refractivity contribution in [3.05, 3.63) is 28.0 Å². The van der Waals surface area contributed by atoms with Gasteiger partial charge in [-0.2, -0.15) is 13.2 Å². The number of carbonyl (C=O) groups is 2. The monoisotopic (exact) mass is 478 g/mol. The normalized spacial score (nSPS) is 22.2. The van der Waals surface area contributed by atoms with Gasteiger partial charge >= 0.3 is 6.18 Å². The highest BCUT2D eigenvalue weighted by atomic mass is 35.5. The first-order valence-electron chi connectivity index (χ1n) is 9.71. The van der Waals surface area contributed by atoms with Crippen LogP contribution in [0.15, 0.2) is 12.1 Å². The van der Waals surface area contributed by atoms with Gasteiger partial charge in [-0.3, -0.25) is 19.1 Å². The van der Waals surface area contributed by atoms with Crippen molar-refractivity contribution < 1.29 is 27.5 Å². The van der Waals surface area contributed by atoms with Gasteiger partial charge in [-0.25, -0.2) is 4.98 Å². The largest absolute Gasteiger partial charge is 0.438 e. The Morgan fingerprint density at radius 3 is 2.58 bits per heavy atom. The summed E-state index contributed by atoms with van der Waals surface area (Å²) in [6, 6.07) is 2.56. The number of imidazole rings is 1. The van der Waals surface area contributed by atoms with Gasteiger partial charge in [0.2, 0.25) is 5.91 Å². The summed E-state index contributed by atoms with van der Waals surface area (Å²) >= 11 is 12.0. The SMILES string of the molecule is O=C(CCCN1CCOCC1)NC1(C(F)(F)F)C(=O)Cc2nc3cc(Cl)c(Cl)cc3n21. The van der Waals surface area contributed by atoms with E-state index in [1.807, 2.05) is 5.32 Å². The Balaban J connectivity index is 1.62. The summed E-state index contributed by atoms with van der Waals surface area (Å²) in [5.74, 6) is -2.17. The van der Waals surface area contributed by atoms with Crippen LogP contribution in [0.5, 0.6) is 0 Å². The number of carbonyl (C=O) groups excluding carboxylic acids is 2. The number of hydrogen-bond acceptors (Lipinski definition) is 5. The van der Waals surface area contributed by atoms with Crippen molar-refractivity contribution in [3.8, 4) is 0 Å². The number of nitrogens with zero attached hydrogens (tertiary/aromatic N) is 3. The third-order valence-electron chi connectivity index (χ3n) is 5.54. The highest BCUT2D eigenvalue weighted by molar-refractivity contribution is 6.42. The molecule has 2 aromatic rings. The van der Waals surface area contributed by atoms with E-state index in [0.717, 1.165) is 4.57 Å². The van der Waals surface area contributed by atoms with Gasteiger partial charge in [0.15, 0.2) is 5.78 Å². The van der Waals surface area contributed by atoms with Gasteiger partial charge in [-0.05, 0) is 25.1 Å². The predicted molar refractivity (Wildman–Crippen MR) is 107 cm³/mol. The van der Waals surface area contributed by atoms with Crippen LogP contribution in [0.25, 0.3) is 11.0 Å². The summed E-state index contributed by atoms with van der Waals surface area (Å²) in [6.07, 6.45) is -5.46. The summed E-state index contributed by atoms with van der Waals surface area (Å²) in [7, 11) is 0. The van der Waals surface area contributed by atoms with Crippen LogP contribution in [0.3, 0.4) is 0 Å². The fourth-order valence-corrected chi connectivity index (χ4v) is 4.36. The maximum Gasteiger partial charge on any atom is 0.438 e. The quantitative estimate of drug-likeness (QED) is 0.714. The molecule has 1 aromatic heterocycles. The number of rotatable bonds is 5. The van der Waals surface area contributed by atoms with Gasteiger partial charge < -0.3 is 10.1 Å². The first-order valence-corrected chi connectivity index (χ1v) is 10.5. The van der Waals surface area contributed by atoms with Gasteiger partial charge in [-0.1, -0.05) is 23.2 Å². The molecule has 1 unspecified atom stereocenters. The molecule has 2 aliphatic heterocycles. The molecule has 2 aliphatic rings. The molecule has 0 spiro atoms. The number of aromatic nitrogens is 2. The molecule has 31 heavy (non-hydrogen) atoms. The smallest absolute Gasteiger partial charge is 0.379 e. The first-order chi connectivity index (χ1) is 14.6. The number of nitrogens with one attached hydrogen (secondary N) is 1. The van der Waals surface area contributed by atoms with Crippen LogP contribution in [0.1, 0.15) is 18.7 Å². The van der Waals surface area contributed by atoms with Crippen molar-refractivity contribution in [1.29, 1.82) is 0 Å². The van der Waals surface area contributed by atoms with Crippen LogP contribution >= 0.6 is 23.2 Å². The number of Topliss-reactive ketones (excluding diaryl/α,β-unsaturated/α-hetero) is 1. The van der Waals surface area contributed by atoms with E-state index in [1.165, 1.54) is 12.1 Å². The first kappa shape index (κ1) is 22.3. The summed E-state index contributed by atoms with van der Waals surface area (Å²) < 4.78 is 49.0. The number of alkyl halides is 3. The Morgan fingerprint density at radius 2 is 1.90 bits per heavy atom. The summed E-state index contributed by atoms with van der Waals surface area (Å²) in [5.41, 5.74) is -3.10. The summed E-state index contributed by atoms with van der Waals surface area (Å²) in [6.45, 7) is 3.14. The van der Waals surface area contributed by atoms with Crippen molar-refractivity contribution in [2.24, 2.45) is 0 Å². The van der Waals surface area contributed by atoms with E-state index in [0.29, 0.717) is 39.3 Å². The Kier molecular flexibility index (Phi) is 5.93. The minimum absolute atomic E-state index is 0.0177. The number of ketones is 1. The minimum atomic E-state index is -5.09. The molecule has 12 heteroatoms. The second-order valence-electron chi connectivity index (χ2n) is 7.53. The highest BCUT2D eigenvalue weighted by Gasteiger charge is 2.66. The van der Waals surface area contributed by atoms with Crippen molar-refractivity contribution in [1.82, 2.24) is 19.8 Å². The van der Waals surface area contributed by atoms with Gasteiger partial charge in [-0.15, -0.1) is 0 Å². The number of fused-ring (bicyclic) bond motifs is 3. The highest BCUT2D eigenvalue weighted by Crippen LogP contribution is 2.44. The minimum Gasteiger partial charge on any atom is -0.379 e. The second kappa shape index (κ2) is 8.23. The molecule has 1 aromatic carbocycles. The predicted octanol–water partition coefficient (Wildman–Crippen LogP) is 2.91. The van der Waals surface area contributed by atoms with Crippen LogP contribution in [0.4, 0.5) is 13.2 Å². The zero-order chi connectivity index (χ0) is 22.4. The molecule has 0 saturated carbocycles. The van der Waals surface area contributed by atoms with Crippen molar-refractivity contribution in [2.75, 3.05) is 32.8 Å². The Morgan fingerprint density at radius 1 is 1.23 bits per heavy atom. The maximum absolute atomic E-state index is 14.3. The van der Waals surface area contributed by atoms with Crippen molar-refractivity contribution >= 4 is 45.9 Å². The third-order valence-corrected chi connectivity index (χ3v) is 6.26. The Labute approximate surface area is 185 Å². The number of ether oxygens (including phenoxy) is 1. The van der Waals surface area contributed by atoms with E-state index in [1.54, 1.807) is 0 Å². The number of amides is 1. The molecule has 1 atom stereocenters. The van der Waals surface area contributed by atoms with Crippen LogP contribution in [-0.2, 0) is 26.4 Å². The van der Waals surface area contributed by atoms with Gasteiger partial charge in [0.1, 0.15) is 5.82 Å². The molecule has 0 bridgehead atoms. The van der Waals surface area contributed by atoms with E-state index < -0.39 is 30.0 Å². The number of benzene rings is 1. The number of morpholine rings is 1. The van der Waals surface area contributed by atoms with Gasteiger partial charge in [0, 0.05) is 19.5 Å². The van der Waals surface area contributed by atoms with E-state index in [9.17, 15) is 22.8 Å². The molecule has 1 saturated heterocycles. The average molecular weight is 479 g/mol. The Hall–Kier alpha value is -1.88. The lowest BCUT2D eigenvalue weighted by atomic mass is 10.0. The summed E-state index contributed by atoms with van der Waals surface area (Å²) in [5, 5.41) is 2.12. The molecule has 1 amide bonds. The fourth-order valence-electron chi connectivity index (χ4n) is 4.05. The van der Waals surface area contributed by atoms with E-state index in [4.69, 9.17) is 27.9 Å². The van der Waals surface area contributed by atoms with Gasteiger partial charge in [0.25, 0.3) is 5.66 Å². The van der Waals surface area contributed by atoms with Crippen LogP contribution in [0.2, 0.25) is 10.0 Å². The molecule has 0 radical (unpaired) electrons. The second-order valence-corrected chi connectivity index (χ2v) is 8.35. The number of hydrogen-bond donors (Lipinski definition) is 1. The van der Waals surface area contributed by atoms with E-state index in [2.05, 4.69) is 9.88 Å². The molecular formula is C19H19Cl2F3N4O3.